The second kappa shape index (κ2) is 2.24. The zero-order valence-electron chi connectivity index (χ0n) is 6.69. The summed E-state index contributed by atoms with van der Waals surface area (Å²) in [5.41, 5.74) is 7.77. The first kappa shape index (κ1) is 7.16. The number of rotatable bonds is 0. The molecule has 0 aliphatic rings. The molecule has 3 N–H and O–H groups in total. The lowest BCUT2D eigenvalue weighted by atomic mass is 10.1. The molecule has 0 aliphatic carbocycles. The summed E-state index contributed by atoms with van der Waals surface area (Å²) in [6, 6.07) is 2.95. The van der Waals surface area contributed by atoms with E-state index in [-0.39, 0.29) is 5.82 Å². The van der Waals surface area contributed by atoms with Crippen LogP contribution in [-0.4, -0.2) is 4.98 Å². The van der Waals surface area contributed by atoms with Crippen molar-refractivity contribution in [2.24, 2.45) is 0 Å². The van der Waals surface area contributed by atoms with Crippen LogP contribution in [0.3, 0.4) is 0 Å². The largest absolute Gasteiger partial charge is 0.398 e. The fourth-order valence-corrected chi connectivity index (χ4v) is 1.41. The van der Waals surface area contributed by atoms with E-state index in [1.54, 1.807) is 12.3 Å². The summed E-state index contributed by atoms with van der Waals surface area (Å²) in [5.74, 6) is -0.257. The average molecular weight is 164 g/mol. The lowest BCUT2D eigenvalue weighted by Gasteiger charge is -1.97. The van der Waals surface area contributed by atoms with Crippen molar-refractivity contribution < 1.29 is 4.39 Å². The van der Waals surface area contributed by atoms with Crippen LogP contribution in [0.1, 0.15) is 5.56 Å². The van der Waals surface area contributed by atoms with Gasteiger partial charge in [0.15, 0.2) is 0 Å². The molecular formula is C9H9FN2. The van der Waals surface area contributed by atoms with Crippen LogP contribution in [0, 0.1) is 12.7 Å². The van der Waals surface area contributed by atoms with Gasteiger partial charge in [0.2, 0.25) is 0 Å². The molecule has 2 nitrogen and oxygen atoms in total. The van der Waals surface area contributed by atoms with E-state index in [1.165, 1.54) is 6.07 Å². The van der Waals surface area contributed by atoms with Gasteiger partial charge in [-0.25, -0.2) is 4.39 Å². The van der Waals surface area contributed by atoms with Gasteiger partial charge in [-0.1, -0.05) is 0 Å². The minimum atomic E-state index is -0.257. The van der Waals surface area contributed by atoms with E-state index in [2.05, 4.69) is 4.98 Å². The molecule has 0 bridgehead atoms. The van der Waals surface area contributed by atoms with Gasteiger partial charge in [-0.05, 0) is 24.6 Å². The highest BCUT2D eigenvalue weighted by molar-refractivity contribution is 5.93. The summed E-state index contributed by atoms with van der Waals surface area (Å²) in [4.78, 5) is 2.84. The van der Waals surface area contributed by atoms with Gasteiger partial charge in [0.1, 0.15) is 5.82 Å². The second-order valence-corrected chi connectivity index (χ2v) is 2.86. The summed E-state index contributed by atoms with van der Waals surface area (Å²) < 4.78 is 13.1. The Labute approximate surface area is 69.2 Å². The average Bonchev–Trinajstić information content (AvgIpc) is 2.42. The zero-order valence-corrected chi connectivity index (χ0v) is 6.69. The van der Waals surface area contributed by atoms with Gasteiger partial charge in [-0.3, -0.25) is 0 Å². The normalized spacial score (nSPS) is 10.8. The number of nitrogens with one attached hydrogen (secondary N) is 1. The third-order valence-corrected chi connectivity index (χ3v) is 2.01. The monoisotopic (exact) mass is 164 g/mol. The van der Waals surface area contributed by atoms with Crippen molar-refractivity contribution in [3.05, 3.63) is 29.7 Å². The fourth-order valence-electron chi connectivity index (χ4n) is 1.41. The van der Waals surface area contributed by atoms with E-state index in [4.69, 9.17) is 5.73 Å². The number of halogens is 1. The molecule has 1 heterocycles. The smallest absolute Gasteiger partial charge is 0.147 e. The molecule has 0 saturated heterocycles. The number of aromatic nitrogens is 1. The SMILES string of the molecule is Cc1c[nH]c2c(F)ccc(N)c12. The molecule has 0 atom stereocenters. The first-order valence-electron chi connectivity index (χ1n) is 3.72. The molecule has 3 heteroatoms. The molecular weight excluding hydrogens is 155 g/mol. The van der Waals surface area contributed by atoms with Crippen LogP contribution >= 0.6 is 0 Å². The van der Waals surface area contributed by atoms with Crippen LogP contribution in [-0.2, 0) is 0 Å². The van der Waals surface area contributed by atoms with Crippen molar-refractivity contribution in [3.63, 3.8) is 0 Å². The van der Waals surface area contributed by atoms with Crippen LogP contribution in [0.2, 0.25) is 0 Å². The number of nitrogen functional groups attached to an aromatic ring is 1. The highest BCUT2D eigenvalue weighted by Gasteiger charge is 2.06. The Kier molecular flexibility index (Phi) is 1.33. The predicted molar refractivity (Wildman–Crippen MR) is 47.4 cm³/mol. The van der Waals surface area contributed by atoms with Crippen molar-refractivity contribution in [1.82, 2.24) is 4.98 Å². The Bertz CT molecular complexity index is 431. The molecule has 1 aromatic heterocycles. The Morgan fingerprint density at radius 1 is 1.42 bits per heavy atom. The van der Waals surface area contributed by atoms with E-state index >= 15 is 0 Å². The fraction of sp³-hybridized carbons (Fsp3) is 0.111. The summed E-state index contributed by atoms with van der Waals surface area (Å²) in [6.07, 6.45) is 1.75. The first-order chi connectivity index (χ1) is 5.70. The number of fused-ring (bicyclic) bond motifs is 1. The molecule has 0 radical (unpaired) electrons. The van der Waals surface area contributed by atoms with Crippen LogP contribution in [0.25, 0.3) is 10.9 Å². The van der Waals surface area contributed by atoms with Crippen molar-refractivity contribution >= 4 is 16.6 Å². The third-order valence-electron chi connectivity index (χ3n) is 2.01. The molecule has 0 fully saturated rings. The molecule has 0 amide bonds. The maximum atomic E-state index is 13.1. The van der Waals surface area contributed by atoms with Crippen LogP contribution < -0.4 is 5.73 Å². The van der Waals surface area contributed by atoms with Crippen molar-refractivity contribution in [2.75, 3.05) is 5.73 Å². The van der Waals surface area contributed by atoms with E-state index < -0.39 is 0 Å². The highest BCUT2D eigenvalue weighted by Crippen LogP contribution is 2.25. The number of aryl methyl sites for hydroxylation is 1. The third kappa shape index (κ3) is 0.794. The van der Waals surface area contributed by atoms with Gasteiger partial charge in [-0.2, -0.15) is 0 Å². The van der Waals surface area contributed by atoms with Gasteiger partial charge in [0.05, 0.1) is 5.52 Å². The number of hydrogen-bond acceptors (Lipinski definition) is 1. The van der Waals surface area contributed by atoms with Crippen LogP contribution in [0.5, 0.6) is 0 Å². The Balaban J connectivity index is 2.98. The topological polar surface area (TPSA) is 41.8 Å². The predicted octanol–water partition coefficient (Wildman–Crippen LogP) is 2.20. The Morgan fingerprint density at radius 2 is 2.17 bits per heavy atom. The van der Waals surface area contributed by atoms with Crippen LogP contribution in [0.4, 0.5) is 10.1 Å². The zero-order chi connectivity index (χ0) is 8.72. The van der Waals surface area contributed by atoms with Crippen molar-refractivity contribution in [2.45, 2.75) is 6.92 Å². The molecule has 0 spiro atoms. The van der Waals surface area contributed by atoms with Gasteiger partial charge >= 0.3 is 0 Å². The lowest BCUT2D eigenvalue weighted by Crippen LogP contribution is -1.87. The number of benzene rings is 1. The molecule has 0 aliphatic heterocycles. The molecule has 12 heavy (non-hydrogen) atoms. The lowest BCUT2D eigenvalue weighted by molar-refractivity contribution is 0.637. The standard InChI is InChI=1S/C9H9FN2/c1-5-4-12-9-6(10)2-3-7(11)8(5)9/h2-4,12H,11H2,1H3. The number of H-pyrrole nitrogens is 1. The van der Waals surface area contributed by atoms with Gasteiger partial charge in [0.25, 0.3) is 0 Å². The number of hydrogen-bond donors (Lipinski definition) is 2. The molecule has 62 valence electrons. The second-order valence-electron chi connectivity index (χ2n) is 2.86. The van der Waals surface area contributed by atoms with Gasteiger partial charge in [-0.15, -0.1) is 0 Å². The molecule has 0 saturated carbocycles. The highest BCUT2D eigenvalue weighted by atomic mass is 19.1. The Morgan fingerprint density at radius 3 is 2.83 bits per heavy atom. The summed E-state index contributed by atoms with van der Waals surface area (Å²) >= 11 is 0. The molecule has 2 rings (SSSR count). The maximum Gasteiger partial charge on any atom is 0.147 e. The van der Waals surface area contributed by atoms with Crippen LogP contribution in [0.15, 0.2) is 18.3 Å². The molecule has 2 aromatic rings. The van der Waals surface area contributed by atoms with E-state index in [1.807, 2.05) is 6.92 Å². The van der Waals surface area contributed by atoms with E-state index in [9.17, 15) is 4.39 Å². The van der Waals surface area contributed by atoms with Crippen molar-refractivity contribution in [3.8, 4) is 0 Å². The minimum absolute atomic E-state index is 0.257. The number of nitrogens with two attached hydrogens (primary N) is 1. The van der Waals surface area contributed by atoms with E-state index in [0.717, 1.165) is 10.9 Å². The molecule has 0 unspecified atom stereocenters. The van der Waals surface area contributed by atoms with E-state index in [0.29, 0.717) is 11.2 Å². The minimum Gasteiger partial charge on any atom is -0.398 e. The van der Waals surface area contributed by atoms with Crippen molar-refractivity contribution in [1.29, 1.82) is 0 Å². The first-order valence-corrected chi connectivity index (χ1v) is 3.72. The number of aromatic amines is 1. The molecule has 1 aromatic carbocycles. The maximum absolute atomic E-state index is 13.1. The Hall–Kier alpha value is -1.51. The number of anilines is 1. The van der Waals surface area contributed by atoms with Gasteiger partial charge < -0.3 is 10.7 Å². The van der Waals surface area contributed by atoms with Gasteiger partial charge in [0, 0.05) is 17.3 Å². The quantitative estimate of drug-likeness (QED) is 0.576. The summed E-state index contributed by atoms with van der Waals surface area (Å²) in [5, 5.41) is 0.787. The summed E-state index contributed by atoms with van der Waals surface area (Å²) in [7, 11) is 0. The summed E-state index contributed by atoms with van der Waals surface area (Å²) in [6.45, 7) is 1.90.